The van der Waals surface area contributed by atoms with Gasteiger partial charge < -0.3 is 10.5 Å². The van der Waals surface area contributed by atoms with Crippen molar-refractivity contribution >= 4 is 0 Å². The molecule has 1 rings (SSSR count). The van der Waals surface area contributed by atoms with Gasteiger partial charge in [-0.3, -0.25) is 0 Å². The average Bonchev–Trinajstić information content (AvgIpc) is 2.28. The molecule has 2 heteroatoms. The van der Waals surface area contributed by atoms with Crippen molar-refractivity contribution in [3.8, 4) is 5.75 Å². The minimum absolute atomic E-state index is 0.0705. The lowest BCUT2D eigenvalue weighted by Crippen LogP contribution is -2.19. The lowest BCUT2D eigenvalue weighted by atomic mass is 9.91. The second-order valence-corrected chi connectivity index (χ2v) is 4.03. The maximum absolute atomic E-state index is 6.22. The van der Waals surface area contributed by atoms with Crippen LogP contribution in [-0.4, -0.2) is 7.11 Å². The highest BCUT2D eigenvalue weighted by atomic mass is 16.5. The number of para-hydroxylation sites is 1. The molecule has 2 nitrogen and oxygen atoms in total. The zero-order valence-electron chi connectivity index (χ0n) is 9.86. The molecule has 0 amide bonds. The van der Waals surface area contributed by atoms with E-state index in [4.69, 9.17) is 10.5 Å². The fraction of sp³-hybridized carbons (Fsp3) is 0.538. The Morgan fingerprint density at radius 1 is 1.33 bits per heavy atom. The van der Waals surface area contributed by atoms with Gasteiger partial charge in [0.25, 0.3) is 0 Å². The number of hydrogen-bond donors (Lipinski definition) is 1. The Labute approximate surface area is 92.4 Å². The lowest BCUT2D eigenvalue weighted by Gasteiger charge is -2.21. The first-order valence-electron chi connectivity index (χ1n) is 5.59. The lowest BCUT2D eigenvalue weighted by molar-refractivity contribution is 0.383. The van der Waals surface area contributed by atoms with Crippen LogP contribution in [0.5, 0.6) is 5.75 Å². The van der Waals surface area contributed by atoms with Crippen LogP contribution in [-0.2, 0) is 0 Å². The van der Waals surface area contributed by atoms with Crippen LogP contribution in [0.1, 0.15) is 38.3 Å². The second kappa shape index (κ2) is 5.76. The molecular formula is C13H21NO. The third-order valence-corrected chi connectivity index (χ3v) is 2.86. The number of benzene rings is 1. The number of nitrogens with two attached hydrogens (primary N) is 1. The van der Waals surface area contributed by atoms with E-state index in [0.29, 0.717) is 5.92 Å². The number of hydrogen-bond acceptors (Lipinski definition) is 2. The molecule has 0 bridgehead atoms. The van der Waals surface area contributed by atoms with E-state index < -0.39 is 0 Å². The highest BCUT2D eigenvalue weighted by molar-refractivity contribution is 5.35. The van der Waals surface area contributed by atoms with Gasteiger partial charge >= 0.3 is 0 Å². The quantitative estimate of drug-likeness (QED) is 0.805. The standard InChI is InChI=1S/C13H21NO/c1-4-7-10(2)13(14)11-8-5-6-9-12(11)15-3/h5-6,8-10,13H,4,7,14H2,1-3H3. The third-order valence-electron chi connectivity index (χ3n) is 2.86. The molecule has 0 heterocycles. The molecule has 0 aliphatic rings. The first-order valence-corrected chi connectivity index (χ1v) is 5.59. The molecular weight excluding hydrogens is 186 g/mol. The molecule has 0 aliphatic carbocycles. The number of methoxy groups -OCH3 is 1. The van der Waals surface area contributed by atoms with Crippen LogP contribution in [0, 0.1) is 5.92 Å². The van der Waals surface area contributed by atoms with Crippen molar-refractivity contribution in [1.82, 2.24) is 0 Å². The normalized spacial score (nSPS) is 14.7. The molecule has 2 N–H and O–H groups in total. The molecule has 15 heavy (non-hydrogen) atoms. The first-order chi connectivity index (χ1) is 7.20. The van der Waals surface area contributed by atoms with E-state index in [9.17, 15) is 0 Å². The third kappa shape index (κ3) is 2.96. The fourth-order valence-corrected chi connectivity index (χ4v) is 1.88. The van der Waals surface area contributed by atoms with Gasteiger partial charge in [0.05, 0.1) is 7.11 Å². The van der Waals surface area contributed by atoms with Gasteiger partial charge in [-0.15, -0.1) is 0 Å². The summed E-state index contributed by atoms with van der Waals surface area (Å²) < 4.78 is 5.31. The Bertz CT molecular complexity index is 298. The molecule has 0 fully saturated rings. The van der Waals surface area contributed by atoms with Gasteiger partial charge in [-0.2, -0.15) is 0 Å². The molecule has 0 aliphatic heterocycles. The fourth-order valence-electron chi connectivity index (χ4n) is 1.88. The largest absolute Gasteiger partial charge is 0.496 e. The van der Waals surface area contributed by atoms with E-state index in [2.05, 4.69) is 19.9 Å². The van der Waals surface area contributed by atoms with Crippen molar-refractivity contribution in [1.29, 1.82) is 0 Å². The van der Waals surface area contributed by atoms with Crippen LogP contribution in [0.25, 0.3) is 0 Å². The molecule has 2 atom stereocenters. The molecule has 0 radical (unpaired) electrons. The summed E-state index contributed by atoms with van der Waals surface area (Å²) in [5, 5.41) is 0. The molecule has 1 aromatic carbocycles. The first kappa shape index (κ1) is 12.1. The minimum Gasteiger partial charge on any atom is -0.496 e. The Morgan fingerprint density at radius 2 is 2.00 bits per heavy atom. The molecule has 0 saturated carbocycles. The monoisotopic (exact) mass is 207 g/mol. The van der Waals surface area contributed by atoms with Crippen LogP contribution >= 0.6 is 0 Å². The maximum atomic E-state index is 6.22. The Morgan fingerprint density at radius 3 is 2.60 bits per heavy atom. The Kier molecular flexibility index (Phi) is 4.63. The van der Waals surface area contributed by atoms with Gasteiger partial charge in [0.15, 0.2) is 0 Å². The molecule has 1 aromatic rings. The van der Waals surface area contributed by atoms with Crippen molar-refractivity contribution in [3.63, 3.8) is 0 Å². The van der Waals surface area contributed by atoms with Crippen molar-refractivity contribution in [2.24, 2.45) is 11.7 Å². The molecule has 84 valence electrons. The van der Waals surface area contributed by atoms with Crippen LogP contribution < -0.4 is 10.5 Å². The van der Waals surface area contributed by atoms with Gasteiger partial charge in [-0.25, -0.2) is 0 Å². The predicted molar refractivity (Wildman–Crippen MR) is 64.0 cm³/mol. The zero-order chi connectivity index (χ0) is 11.3. The van der Waals surface area contributed by atoms with Gasteiger partial charge in [0.1, 0.15) is 5.75 Å². The summed E-state index contributed by atoms with van der Waals surface area (Å²) in [7, 11) is 1.69. The van der Waals surface area contributed by atoms with Gasteiger partial charge in [0.2, 0.25) is 0 Å². The second-order valence-electron chi connectivity index (χ2n) is 4.03. The van der Waals surface area contributed by atoms with Crippen molar-refractivity contribution in [3.05, 3.63) is 29.8 Å². The summed E-state index contributed by atoms with van der Waals surface area (Å²) >= 11 is 0. The van der Waals surface area contributed by atoms with E-state index in [1.165, 1.54) is 6.42 Å². The van der Waals surface area contributed by atoms with E-state index >= 15 is 0 Å². The van der Waals surface area contributed by atoms with Gasteiger partial charge in [-0.05, 0) is 18.4 Å². The Balaban J connectivity index is 2.84. The topological polar surface area (TPSA) is 35.2 Å². The molecule has 0 saturated heterocycles. The predicted octanol–water partition coefficient (Wildman–Crippen LogP) is 3.13. The summed E-state index contributed by atoms with van der Waals surface area (Å²) in [4.78, 5) is 0. The van der Waals surface area contributed by atoms with Crippen LogP contribution in [0.4, 0.5) is 0 Å². The number of rotatable bonds is 5. The van der Waals surface area contributed by atoms with Gasteiger partial charge in [0, 0.05) is 11.6 Å². The zero-order valence-corrected chi connectivity index (χ0v) is 9.86. The summed E-state index contributed by atoms with van der Waals surface area (Å²) in [5.41, 5.74) is 7.33. The average molecular weight is 207 g/mol. The molecule has 2 unspecified atom stereocenters. The smallest absolute Gasteiger partial charge is 0.123 e. The van der Waals surface area contributed by atoms with E-state index in [1.54, 1.807) is 7.11 Å². The SMILES string of the molecule is CCCC(C)C(N)c1ccccc1OC. The maximum Gasteiger partial charge on any atom is 0.123 e. The van der Waals surface area contributed by atoms with E-state index in [0.717, 1.165) is 17.7 Å². The van der Waals surface area contributed by atoms with Crippen LogP contribution in [0.15, 0.2) is 24.3 Å². The summed E-state index contributed by atoms with van der Waals surface area (Å²) in [5.74, 6) is 1.39. The molecule has 0 aromatic heterocycles. The van der Waals surface area contributed by atoms with E-state index in [1.807, 2.05) is 18.2 Å². The van der Waals surface area contributed by atoms with Gasteiger partial charge in [-0.1, -0.05) is 38.5 Å². The highest BCUT2D eigenvalue weighted by Gasteiger charge is 2.17. The minimum atomic E-state index is 0.0705. The Hall–Kier alpha value is -1.02. The highest BCUT2D eigenvalue weighted by Crippen LogP contribution is 2.29. The summed E-state index contributed by atoms with van der Waals surface area (Å²) in [6, 6.07) is 8.07. The van der Waals surface area contributed by atoms with Crippen LogP contribution in [0.3, 0.4) is 0 Å². The van der Waals surface area contributed by atoms with Crippen molar-refractivity contribution < 1.29 is 4.74 Å². The summed E-state index contributed by atoms with van der Waals surface area (Å²) in [6.45, 7) is 4.38. The van der Waals surface area contributed by atoms with E-state index in [-0.39, 0.29) is 6.04 Å². The summed E-state index contributed by atoms with van der Waals surface area (Å²) in [6.07, 6.45) is 2.32. The van der Waals surface area contributed by atoms with Crippen molar-refractivity contribution in [2.45, 2.75) is 32.7 Å². The van der Waals surface area contributed by atoms with Crippen molar-refractivity contribution in [2.75, 3.05) is 7.11 Å². The van der Waals surface area contributed by atoms with Crippen LogP contribution in [0.2, 0.25) is 0 Å². The molecule has 0 spiro atoms. The number of ether oxygens (including phenoxy) is 1.